The van der Waals surface area contributed by atoms with Gasteiger partial charge in [-0.2, -0.15) is 13.2 Å². The molecule has 3 aliphatic heterocycles. The van der Waals surface area contributed by atoms with E-state index in [2.05, 4.69) is 35.2 Å². The van der Waals surface area contributed by atoms with Gasteiger partial charge in [0.15, 0.2) is 0 Å². The minimum atomic E-state index is -5.08. The van der Waals surface area contributed by atoms with Gasteiger partial charge < -0.3 is 19.3 Å². The van der Waals surface area contributed by atoms with Crippen LogP contribution in [-0.4, -0.2) is 73.4 Å². The average Bonchev–Trinajstić information content (AvgIpc) is 3.18. The van der Waals surface area contributed by atoms with Crippen LogP contribution >= 0.6 is 0 Å². The average molecular weight is 460 g/mol. The summed E-state index contributed by atoms with van der Waals surface area (Å²) in [6.45, 7) is 6.77. The molecular formula is C23H32F3NO5. The van der Waals surface area contributed by atoms with Gasteiger partial charge in [0.2, 0.25) is 0 Å². The highest BCUT2D eigenvalue weighted by atomic mass is 19.4. The second kappa shape index (κ2) is 11.4. The molecule has 3 aliphatic rings. The van der Waals surface area contributed by atoms with Crippen molar-refractivity contribution < 1.29 is 37.3 Å². The standard InChI is InChI=1S/C21H31NO3.C2HF3O2/c1-2-4-18(5-3-1)15-22-10-8-21(9-11-22)14-20(17-25-21)24-16-19-6-12-23-13-7-19;3-2(4,5)1(6)7/h1-5,19-20H,6-17H2;(H,6,7). The zero-order valence-corrected chi connectivity index (χ0v) is 18.2. The third-order valence-electron chi connectivity index (χ3n) is 6.34. The minimum absolute atomic E-state index is 0.0769. The Morgan fingerprint density at radius 1 is 1.16 bits per heavy atom. The maximum Gasteiger partial charge on any atom is 0.490 e. The van der Waals surface area contributed by atoms with E-state index in [1.807, 2.05) is 0 Å². The number of hydrogen-bond donors (Lipinski definition) is 1. The lowest BCUT2D eigenvalue weighted by molar-refractivity contribution is -0.192. The summed E-state index contributed by atoms with van der Waals surface area (Å²) in [4.78, 5) is 11.5. The molecule has 9 heteroatoms. The number of alkyl halides is 3. The van der Waals surface area contributed by atoms with Crippen LogP contribution in [0.2, 0.25) is 0 Å². The van der Waals surface area contributed by atoms with Crippen molar-refractivity contribution in [1.29, 1.82) is 0 Å². The summed E-state index contributed by atoms with van der Waals surface area (Å²) in [6.07, 6.45) is 0.854. The normalized spacial score (nSPS) is 24.2. The molecule has 1 unspecified atom stereocenters. The van der Waals surface area contributed by atoms with Crippen molar-refractivity contribution in [2.75, 3.05) is 39.5 Å². The molecule has 180 valence electrons. The largest absolute Gasteiger partial charge is 0.490 e. The number of nitrogens with zero attached hydrogens (tertiary/aromatic N) is 1. The Morgan fingerprint density at radius 3 is 2.38 bits per heavy atom. The SMILES string of the molecule is O=C(O)C(F)(F)F.c1ccc(CN2CCC3(CC2)CC(OCC2CCOCC2)CO3)cc1. The molecular weight excluding hydrogens is 427 g/mol. The van der Waals surface area contributed by atoms with Gasteiger partial charge in [0.25, 0.3) is 0 Å². The number of ether oxygens (including phenoxy) is 3. The monoisotopic (exact) mass is 459 g/mol. The fraction of sp³-hybridized carbons (Fsp3) is 0.696. The van der Waals surface area contributed by atoms with Gasteiger partial charge in [-0.3, -0.25) is 4.90 Å². The van der Waals surface area contributed by atoms with Gasteiger partial charge in [0.1, 0.15) is 0 Å². The summed E-state index contributed by atoms with van der Waals surface area (Å²) in [5.74, 6) is -2.08. The molecule has 0 radical (unpaired) electrons. The van der Waals surface area contributed by atoms with E-state index in [4.69, 9.17) is 24.1 Å². The molecule has 3 fully saturated rings. The lowest BCUT2D eigenvalue weighted by atomic mass is 9.87. The predicted molar refractivity (Wildman–Crippen MR) is 111 cm³/mol. The van der Waals surface area contributed by atoms with E-state index in [0.717, 1.165) is 78.2 Å². The van der Waals surface area contributed by atoms with Crippen LogP contribution in [0.1, 0.15) is 37.7 Å². The van der Waals surface area contributed by atoms with Gasteiger partial charge in [0.05, 0.1) is 24.9 Å². The van der Waals surface area contributed by atoms with Gasteiger partial charge >= 0.3 is 12.1 Å². The van der Waals surface area contributed by atoms with Crippen LogP contribution in [0.4, 0.5) is 13.2 Å². The summed E-state index contributed by atoms with van der Waals surface area (Å²) in [6, 6.07) is 10.8. The highest BCUT2D eigenvalue weighted by Gasteiger charge is 2.43. The molecule has 1 aromatic rings. The van der Waals surface area contributed by atoms with Gasteiger partial charge in [0, 0.05) is 39.3 Å². The number of likely N-dealkylation sites (tertiary alicyclic amines) is 1. The van der Waals surface area contributed by atoms with E-state index in [1.165, 1.54) is 5.56 Å². The zero-order valence-electron chi connectivity index (χ0n) is 18.2. The molecule has 0 bridgehead atoms. The summed E-state index contributed by atoms with van der Waals surface area (Å²) in [5, 5.41) is 7.12. The third-order valence-corrected chi connectivity index (χ3v) is 6.34. The molecule has 0 aliphatic carbocycles. The van der Waals surface area contributed by atoms with Gasteiger partial charge in [-0.15, -0.1) is 0 Å². The van der Waals surface area contributed by atoms with Crippen LogP contribution < -0.4 is 0 Å². The topological polar surface area (TPSA) is 68.2 Å². The van der Waals surface area contributed by atoms with Crippen LogP contribution in [0.15, 0.2) is 30.3 Å². The lowest BCUT2D eigenvalue weighted by Crippen LogP contribution is -2.44. The molecule has 0 amide bonds. The molecule has 6 nitrogen and oxygen atoms in total. The highest BCUT2D eigenvalue weighted by molar-refractivity contribution is 5.73. The highest BCUT2D eigenvalue weighted by Crippen LogP contribution is 2.37. The van der Waals surface area contributed by atoms with Crippen LogP contribution in [0.3, 0.4) is 0 Å². The van der Waals surface area contributed by atoms with Gasteiger partial charge in [-0.05, 0) is 37.2 Å². The van der Waals surface area contributed by atoms with Crippen molar-refractivity contribution in [1.82, 2.24) is 4.90 Å². The van der Waals surface area contributed by atoms with Crippen molar-refractivity contribution in [3.8, 4) is 0 Å². The van der Waals surface area contributed by atoms with Crippen LogP contribution in [0.25, 0.3) is 0 Å². The first kappa shape index (κ1) is 25.0. The first-order valence-corrected chi connectivity index (χ1v) is 11.2. The molecule has 1 N–H and O–H groups in total. The molecule has 1 spiro atoms. The second-order valence-electron chi connectivity index (χ2n) is 8.77. The zero-order chi connectivity index (χ0) is 23.0. The van der Waals surface area contributed by atoms with E-state index < -0.39 is 12.1 Å². The van der Waals surface area contributed by atoms with Crippen molar-refractivity contribution in [3.05, 3.63) is 35.9 Å². The van der Waals surface area contributed by atoms with Crippen LogP contribution in [0, 0.1) is 5.92 Å². The number of carboxylic acid groups (broad SMARTS) is 1. The Kier molecular flexibility index (Phi) is 8.93. The predicted octanol–water partition coefficient (Wildman–Crippen LogP) is 3.89. The number of rotatable bonds is 5. The fourth-order valence-electron chi connectivity index (χ4n) is 4.40. The molecule has 4 rings (SSSR count). The Bertz CT molecular complexity index is 701. The van der Waals surface area contributed by atoms with E-state index in [0.29, 0.717) is 12.0 Å². The van der Waals surface area contributed by atoms with Gasteiger partial charge in [-0.25, -0.2) is 4.79 Å². The van der Waals surface area contributed by atoms with Crippen LogP contribution in [-0.2, 0) is 25.5 Å². The molecule has 32 heavy (non-hydrogen) atoms. The number of carboxylic acids is 1. The molecule has 1 aromatic carbocycles. The van der Waals surface area contributed by atoms with Crippen LogP contribution in [0.5, 0.6) is 0 Å². The summed E-state index contributed by atoms with van der Waals surface area (Å²) in [7, 11) is 0. The number of hydrogen-bond acceptors (Lipinski definition) is 5. The Hall–Kier alpha value is -1.68. The number of piperidine rings is 1. The smallest absolute Gasteiger partial charge is 0.475 e. The first-order chi connectivity index (χ1) is 15.3. The molecule has 3 heterocycles. The number of halogens is 3. The minimum Gasteiger partial charge on any atom is -0.475 e. The van der Waals surface area contributed by atoms with E-state index >= 15 is 0 Å². The maximum atomic E-state index is 10.6. The van der Waals surface area contributed by atoms with E-state index in [-0.39, 0.29) is 5.60 Å². The number of aliphatic carboxylic acids is 1. The molecule has 0 aromatic heterocycles. The second-order valence-corrected chi connectivity index (χ2v) is 8.77. The first-order valence-electron chi connectivity index (χ1n) is 11.2. The number of carbonyl (C=O) groups is 1. The summed E-state index contributed by atoms with van der Waals surface area (Å²) < 4.78 is 49.6. The van der Waals surface area contributed by atoms with Crippen molar-refractivity contribution in [2.45, 2.75) is 56.5 Å². The molecule has 1 atom stereocenters. The third kappa shape index (κ3) is 7.72. The Labute approximate surface area is 186 Å². The van der Waals surface area contributed by atoms with Crippen molar-refractivity contribution in [2.24, 2.45) is 5.92 Å². The Morgan fingerprint density at radius 2 is 1.78 bits per heavy atom. The van der Waals surface area contributed by atoms with Crippen molar-refractivity contribution >= 4 is 5.97 Å². The lowest BCUT2D eigenvalue weighted by Gasteiger charge is -2.38. The van der Waals surface area contributed by atoms with Crippen molar-refractivity contribution in [3.63, 3.8) is 0 Å². The maximum absolute atomic E-state index is 10.6. The van der Waals surface area contributed by atoms with Gasteiger partial charge in [-0.1, -0.05) is 30.3 Å². The fourth-order valence-corrected chi connectivity index (χ4v) is 4.40. The summed E-state index contributed by atoms with van der Waals surface area (Å²) >= 11 is 0. The molecule has 0 saturated carbocycles. The Balaban J connectivity index is 0.000000360. The van der Waals surface area contributed by atoms with E-state index in [9.17, 15) is 13.2 Å². The quantitative estimate of drug-likeness (QED) is 0.721. The number of benzene rings is 1. The molecule has 3 saturated heterocycles. The van der Waals surface area contributed by atoms with E-state index in [1.54, 1.807) is 0 Å². The summed E-state index contributed by atoms with van der Waals surface area (Å²) in [5.41, 5.74) is 1.48.